The molecule has 2 unspecified atom stereocenters. The maximum absolute atomic E-state index is 12.1. The summed E-state index contributed by atoms with van der Waals surface area (Å²) in [6, 6.07) is 0.137. The van der Waals surface area contributed by atoms with E-state index in [-0.39, 0.29) is 17.9 Å². The average Bonchev–Trinajstić information content (AvgIpc) is 2.27. The van der Waals surface area contributed by atoms with E-state index in [1.54, 1.807) is 0 Å². The van der Waals surface area contributed by atoms with Crippen molar-refractivity contribution in [3.63, 3.8) is 0 Å². The van der Waals surface area contributed by atoms with Crippen LogP contribution in [0.15, 0.2) is 0 Å². The molecule has 0 aromatic carbocycles. The highest BCUT2D eigenvalue weighted by Crippen LogP contribution is 2.13. The highest BCUT2D eigenvalue weighted by Gasteiger charge is 2.29. The third kappa shape index (κ3) is 2.95. The Morgan fingerprint density at radius 2 is 2.06 bits per heavy atom. The topological polar surface area (TPSA) is 49.6 Å². The van der Waals surface area contributed by atoms with Gasteiger partial charge in [-0.15, -0.1) is 0 Å². The van der Waals surface area contributed by atoms with Gasteiger partial charge in [0.15, 0.2) is 0 Å². The molecule has 2 N–H and O–H groups in total. The van der Waals surface area contributed by atoms with Gasteiger partial charge in [-0.3, -0.25) is 9.69 Å². The first-order chi connectivity index (χ1) is 7.47. The zero-order chi connectivity index (χ0) is 12.3. The molecule has 0 saturated carbocycles. The molecule has 16 heavy (non-hydrogen) atoms. The normalized spacial score (nSPS) is 24.9. The summed E-state index contributed by atoms with van der Waals surface area (Å²) in [4.78, 5) is 16.3. The maximum Gasteiger partial charge on any atom is 0.239 e. The molecule has 1 aliphatic rings. The van der Waals surface area contributed by atoms with Gasteiger partial charge in [0.2, 0.25) is 5.91 Å². The molecule has 94 valence electrons. The molecule has 0 aromatic rings. The molecule has 1 amide bonds. The zero-order valence-electron chi connectivity index (χ0n) is 10.9. The van der Waals surface area contributed by atoms with Gasteiger partial charge in [-0.1, -0.05) is 20.8 Å². The van der Waals surface area contributed by atoms with Gasteiger partial charge in [0.05, 0.1) is 6.04 Å². The molecule has 0 bridgehead atoms. The second-order valence-corrected chi connectivity index (χ2v) is 5.10. The summed E-state index contributed by atoms with van der Waals surface area (Å²) in [6.45, 7) is 8.75. The first-order valence-electron chi connectivity index (χ1n) is 6.22. The van der Waals surface area contributed by atoms with E-state index in [9.17, 15) is 4.79 Å². The van der Waals surface area contributed by atoms with Gasteiger partial charge in [0.1, 0.15) is 0 Å². The van der Waals surface area contributed by atoms with Crippen LogP contribution in [0.5, 0.6) is 0 Å². The average molecular weight is 227 g/mol. The molecular weight excluding hydrogens is 202 g/mol. The first kappa shape index (κ1) is 13.5. The lowest BCUT2D eigenvalue weighted by atomic mass is 10.0. The minimum atomic E-state index is -0.346. The molecule has 0 radical (unpaired) electrons. The minimum absolute atomic E-state index is 0.113. The summed E-state index contributed by atoms with van der Waals surface area (Å²) in [6.07, 6.45) is 1.08. The van der Waals surface area contributed by atoms with Crippen LogP contribution in [-0.2, 0) is 4.79 Å². The van der Waals surface area contributed by atoms with E-state index in [1.807, 2.05) is 18.7 Å². The lowest BCUT2D eigenvalue weighted by Crippen LogP contribution is -2.57. The van der Waals surface area contributed by atoms with Crippen LogP contribution in [-0.4, -0.2) is 54.5 Å². The predicted octanol–water partition coefficient (Wildman–Crippen LogP) is 0.522. The number of carbonyl (C=O) groups excluding carboxylic acids is 1. The smallest absolute Gasteiger partial charge is 0.239 e. The number of piperazine rings is 1. The van der Waals surface area contributed by atoms with E-state index < -0.39 is 0 Å². The van der Waals surface area contributed by atoms with E-state index in [0.717, 1.165) is 26.1 Å². The van der Waals surface area contributed by atoms with Crippen LogP contribution in [0, 0.1) is 5.92 Å². The summed E-state index contributed by atoms with van der Waals surface area (Å²) in [5, 5.41) is 0. The summed E-state index contributed by atoms with van der Waals surface area (Å²) >= 11 is 0. The third-order valence-electron chi connectivity index (χ3n) is 3.56. The number of nitrogens with zero attached hydrogens (tertiary/aromatic N) is 2. The zero-order valence-corrected chi connectivity index (χ0v) is 10.9. The van der Waals surface area contributed by atoms with Crippen molar-refractivity contribution in [2.75, 3.05) is 26.7 Å². The number of nitrogens with two attached hydrogens (primary N) is 1. The Balaban J connectivity index is 2.58. The number of carbonyl (C=O) groups is 1. The van der Waals surface area contributed by atoms with Crippen molar-refractivity contribution in [1.82, 2.24) is 9.80 Å². The fourth-order valence-corrected chi connectivity index (χ4v) is 2.08. The second-order valence-electron chi connectivity index (χ2n) is 5.10. The molecule has 1 heterocycles. The van der Waals surface area contributed by atoms with Gasteiger partial charge in [-0.2, -0.15) is 0 Å². The summed E-state index contributed by atoms with van der Waals surface area (Å²) < 4.78 is 0. The largest absolute Gasteiger partial charge is 0.338 e. The Morgan fingerprint density at radius 3 is 2.56 bits per heavy atom. The number of amides is 1. The summed E-state index contributed by atoms with van der Waals surface area (Å²) in [5.74, 6) is 0.328. The van der Waals surface area contributed by atoms with Crippen LogP contribution in [0.25, 0.3) is 0 Å². The SMILES string of the molecule is CCC1CN(C(=O)C(N)C(C)C)CCN1C. The van der Waals surface area contributed by atoms with Crippen molar-refractivity contribution in [2.24, 2.45) is 11.7 Å². The first-order valence-corrected chi connectivity index (χ1v) is 6.22. The van der Waals surface area contributed by atoms with Crippen molar-refractivity contribution in [3.05, 3.63) is 0 Å². The molecule has 1 rings (SSSR count). The fourth-order valence-electron chi connectivity index (χ4n) is 2.08. The minimum Gasteiger partial charge on any atom is -0.338 e. The van der Waals surface area contributed by atoms with E-state index in [1.165, 1.54) is 0 Å². The highest BCUT2D eigenvalue weighted by atomic mass is 16.2. The molecule has 0 spiro atoms. The van der Waals surface area contributed by atoms with Crippen molar-refractivity contribution in [3.8, 4) is 0 Å². The van der Waals surface area contributed by atoms with E-state index in [2.05, 4.69) is 18.9 Å². The molecular formula is C12H25N3O. The Hall–Kier alpha value is -0.610. The molecule has 1 aliphatic heterocycles. The van der Waals surface area contributed by atoms with Gasteiger partial charge >= 0.3 is 0 Å². The van der Waals surface area contributed by atoms with Gasteiger partial charge in [-0.05, 0) is 19.4 Å². The Kier molecular flexibility index (Phi) is 4.74. The Morgan fingerprint density at radius 1 is 1.44 bits per heavy atom. The van der Waals surface area contributed by atoms with Crippen molar-refractivity contribution >= 4 is 5.91 Å². The van der Waals surface area contributed by atoms with Gasteiger partial charge < -0.3 is 10.6 Å². The van der Waals surface area contributed by atoms with Crippen LogP contribution in [0.4, 0.5) is 0 Å². The highest BCUT2D eigenvalue weighted by molar-refractivity contribution is 5.82. The van der Waals surface area contributed by atoms with E-state index >= 15 is 0 Å². The van der Waals surface area contributed by atoms with Gasteiger partial charge in [0.25, 0.3) is 0 Å². The molecule has 4 nitrogen and oxygen atoms in total. The van der Waals surface area contributed by atoms with Crippen LogP contribution >= 0.6 is 0 Å². The van der Waals surface area contributed by atoms with Crippen molar-refractivity contribution in [2.45, 2.75) is 39.3 Å². The number of hydrogen-bond donors (Lipinski definition) is 1. The van der Waals surface area contributed by atoms with Gasteiger partial charge in [-0.25, -0.2) is 0 Å². The Bertz CT molecular complexity index is 242. The summed E-state index contributed by atoms with van der Waals surface area (Å²) in [5.41, 5.74) is 5.91. The third-order valence-corrected chi connectivity index (χ3v) is 3.56. The number of likely N-dealkylation sites (N-methyl/N-ethyl adjacent to an activating group) is 1. The number of hydrogen-bond acceptors (Lipinski definition) is 3. The quantitative estimate of drug-likeness (QED) is 0.765. The van der Waals surface area contributed by atoms with Crippen molar-refractivity contribution < 1.29 is 4.79 Å². The number of rotatable bonds is 3. The molecule has 1 fully saturated rings. The summed E-state index contributed by atoms with van der Waals surface area (Å²) in [7, 11) is 2.12. The molecule has 0 aromatic heterocycles. The Labute approximate surface area is 98.8 Å². The monoisotopic (exact) mass is 227 g/mol. The van der Waals surface area contributed by atoms with Crippen molar-refractivity contribution in [1.29, 1.82) is 0 Å². The lowest BCUT2D eigenvalue weighted by Gasteiger charge is -2.40. The lowest BCUT2D eigenvalue weighted by molar-refractivity contribution is -0.136. The molecule has 4 heteroatoms. The van der Waals surface area contributed by atoms with Crippen LogP contribution in [0.2, 0.25) is 0 Å². The standard InChI is InChI=1S/C12H25N3O/c1-5-10-8-15(7-6-14(10)4)12(16)11(13)9(2)3/h9-11H,5-8,13H2,1-4H3. The van der Waals surface area contributed by atoms with Crippen LogP contribution in [0.3, 0.4) is 0 Å². The maximum atomic E-state index is 12.1. The molecule has 0 aliphatic carbocycles. The fraction of sp³-hybridized carbons (Fsp3) is 0.917. The van der Waals surface area contributed by atoms with E-state index in [4.69, 9.17) is 5.73 Å². The van der Waals surface area contributed by atoms with Gasteiger partial charge in [0, 0.05) is 25.7 Å². The van der Waals surface area contributed by atoms with Crippen LogP contribution < -0.4 is 5.73 Å². The molecule has 1 saturated heterocycles. The molecule has 2 atom stereocenters. The van der Waals surface area contributed by atoms with E-state index in [0.29, 0.717) is 6.04 Å². The second kappa shape index (κ2) is 5.64. The predicted molar refractivity (Wildman–Crippen MR) is 66.1 cm³/mol. The van der Waals surface area contributed by atoms with Crippen LogP contribution in [0.1, 0.15) is 27.2 Å².